The van der Waals surface area contributed by atoms with Crippen LogP contribution in [0, 0.1) is 0 Å². The Morgan fingerprint density at radius 2 is 2.11 bits per heavy atom. The monoisotopic (exact) mass is 337 g/mol. The van der Waals surface area contributed by atoms with Gasteiger partial charge in [-0.25, -0.2) is 4.98 Å². The molecule has 0 amide bonds. The Morgan fingerprint density at radius 3 is 2.95 bits per heavy atom. The first kappa shape index (κ1) is 12.9. The van der Waals surface area contributed by atoms with Gasteiger partial charge >= 0.3 is 0 Å². The molecule has 0 bridgehead atoms. The van der Waals surface area contributed by atoms with E-state index in [1.165, 1.54) is 16.7 Å². The highest BCUT2D eigenvalue weighted by Crippen LogP contribution is 2.24. The Morgan fingerprint density at radius 1 is 1.26 bits per heavy atom. The summed E-state index contributed by atoms with van der Waals surface area (Å²) in [5, 5.41) is 7.23. The molecule has 0 spiro atoms. The first-order chi connectivity index (χ1) is 9.22. The topological polar surface area (TPSA) is 37.0 Å². The van der Waals surface area contributed by atoms with Crippen LogP contribution in [-0.2, 0) is 19.6 Å². The first-order valence-corrected chi connectivity index (χ1v) is 7.26. The molecule has 1 aliphatic heterocycles. The third-order valence-electron chi connectivity index (χ3n) is 3.17. The van der Waals surface area contributed by atoms with Crippen molar-refractivity contribution in [3.8, 4) is 0 Å². The number of pyridine rings is 1. The zero-order valence-corrected chi connectivity index (χ0v) is 12.6. The Balaban J connectivity index is 1.72. The molecule has 0 radical (unpaired) electrons. The molecular formula is C14H13BrClN3. The molecule has 98 valence electrons. The second-order valence-electron chi connectivity index (χ2n) is 4.54. The number of rotatable bonds is 3. The lowest BCUT2D eigenvalue weighted by atomic mass is 10.1. The third-order valence-corrected chi connectivity index (χ3v) is 3.89. The lowest BCUT2D eigenvalue weighted by molar-refractivity contribution is 0.764. The van der Waals surface area contributed by atoms with Gasteiger partial charge in [0.2, 0.25) is 0 Å². The van der Waals surface area contributed by atoms with Crippen LogP contribution >= 0.6 is 27.5 Å². The molecule has 1 aromatic heterocycles. The number of hydrogen-bond acceptors (Lipinski definition) is 3. The van der Waals surface area contributed by atoms with Gasteiger partial charge in [0.05, 0.1) is 5.02 Å². The van der Waals surface area contributed by atoms with Crippen LogP contribution in [0.1, 0.15) is 16.7 Å². The Kier molecular flexibility index (Phi) is 3.73. The van der Waals surface area contributed by atoms with E-state index in [2.05, 4.69) is 49.7 Å². The summed E-state index contributed by atoms with van der Waals surface area (Å²) >= 11 is 9.47. The zero-order valence-electron chi connectivity index (χ0n) is 10.2. The van der Waals surface area contributed by atoms with Crippen molar-refractivity contribution in [3.63, 3.8) is 0 Å². The molecule has 2 N–H and O–H groups in total. The van der Waals surface area contributed by atoms with Gasteiger partial charge in [0.15, 0.2) is 0 Å². The third kappa shape index (κ3) is 2.91. The van der Waals surface area contributed by atoms with Crippen molar-refractivity contribution in [2.24, 2.45) is 0 Å². The van der Waals surface area contributed by atoms with E-state index in [1.807, 2.05) is 6.07 Å². The van der Waals surface area contributed by atoms with Crippen LogP contribution in [0.5, 0.6) is 0 Å². The number of benzene rings is 1. The smallest absolute Gasteiger partial charge is 0.145 e. The van der Waals surface area contributed by atoms with Gasteiger partial charge in [0.25, 0.3) is 0 Å². The fraction of sp³-hybridized carbons (Fsp3) is 0.214. The molecule has 3 nitrogen and oxygen atoms in total. The molecule has 19 heavy (non-hydrogen) atoms. The maximum atomic E-state index is 6.12. The van der Waals surface area contributed by atoms with Crippen LogP contribution in [0.25, 0.3) is 0 Å². The van der Waals surface area contributed by atoms with Gasteiger partial charge in [-0.2, -0.15) is 0 Å². The van der Waals surface area contributed by atoms with Crippen LogP contribution < -0.4 is 10.6 Å². The molecule has 0 atom stereocenters. The molecule has 0 fully saturated rings. The molecular weight excluding hydrogens is 326 g/mol. The second-order valence-corrected chi connectivity index (χ2v) is 5.87. The van der Waals surface area contributed by atoms with E-state index < -0.39 is 0 Å². The van der Waals surface area contributed by atoms with Crippen LogP contribution in [-0.4, -0.2) is 4.98 Å². The molecule has 0 unspecified atom stereocenters. The maximum absolute atomic E-state index is 6.12. The van der Waals surface area contributed by atoms with Crippen LogP contribution in [0.3, 0.4) is 0 Å². The summed E-state index contributed by atoms with van der Waals surface area (Å²) in [7, 11) is 0. The highest BCUT2D eigenvalue weighted by molar-refractivity contribution is 9.10. The molecule has 0 saturated heterocycles. The van der Waals surface area contributed by atoms with E-state index in [4.69, 9.17) is 11.6 Å². The summed E-state index contributed by atoms with van der Waals surface area (Å²) in [5.41, 5.74) is 4.01. The van der Waals surface area contributed by atoms with Gasteiger partial charge in [-0.15, -0.1) is 0 Å². The Labute approximate surface area is 125 Å². The highest BCUT2D eigenvalue weighted by atomic mass is 79.9. The minimum Gasteiger partial charge on any atom is -0.365 e. The highest BCUT2D eigenvalue weighted by Gasteiger charge is 2.10. The normalized spacial score (nSPS) is 13.4. The van der Waals surface area contributed by atoms with Gasteiger partial charge in [0, 0.05) is 30.3 Å². The Bertz CT molecular complexity index is 616. The van der Waals surface area contributed by atoms with Gasteiger partial charge < -0.3 is 10.6 Å². The second kappa shape index (κ2) is 5.49. The first-order valence-electron chi connectivity index (χ1n) is 6.09. The van der Waals surface area contributed by atoms with Crippen LogP contribution in [0.15, 0.2) is 34.9 Å². The summed E-state index contributed by atoms with van der Waals surface area (Å²) in [6, 6.07) is 8.40. The average Bonchev–Trinajstić information content (AvgIpc) is 2.85. The van der Waals surface area contributed by atoms with Gasteiger partial charge in [-0.3, -0.25) is 0 Å². The van der Waals surface area contributed by atoms with Crippen LogP contribution in [0.4, 0.5) is 5.82 Å². The molecule has 3 rings (SSSR count). The standard InChI is InChI=1S/C14H13BrClN3/c15-12-4-13(16)14(19-8-12)18-5-9-1-2-10-6-17-7-11(10)3-9/h1-4,8,17H,5-7H2,(H,18,19). The van der Waals surface area contributed by atoms with Gasteiger partial charge in [-0.1, -0.05) is 29.8 Å². The molecule has 2 heterocycles. The van der Waals surface area contributed by atoms with E-state index in [9.17, 15) is 0 Å². The number of fused-ring (bicyclic) bond motifs is 1. The predicted octanol–water partition coefficient (Wildman–Crippen LogP) is 3.71. The molecule has 1 aromatic carbocycles. The zero-order chi connectivity index (χ0) is 13.2. The number of nitrogens with one attached hydrogen (secondary N) is 2. The van der Waals surface area contributed by atoms with Crippen molar-refractivity contribution in [3.05, 3.63) is 56.6 Å². The van der Waals surface area contributed by atoms with Crippen molar-refractivity contribution in [1.82, 2.24) is 10.3 Å². The molecule has 5 heteroatoms. The van der Waals surface area contributed by atoms with Crippen LogP contribution in [0.2, 0.25) is 5.02 Å². The SMILES string of the molecule is Clc1cc(Br)cnc1NCc1ccc2c(c1)CNC2. The maximum Gasteiger partial charge on any atom is 0.145 e. The van der Waals surface area contributed by atoms with E-state index in [1.54, 1.807) is 6.20 Å². The summed E-state index contributed by atoms with van der Waals surface area (Å²) in [5.74, 6) is 0.712. The van der Waals surface area contributed by atoms with E-state index in [-0.39, 0.29) is 0 Å². The van der Waals surface area contributed by atoms with E-state index in [0.29, 0.717) is 10.8 Å². The van der Waals surface area contributed by atoms with Crippen molar-refractivity contribution in [1.29, 1.82) is 0 Å². The average molecular weight is 339 g/mol. The number of halogens is 2. The van der Waals surface area contributed by atoms with Crippen molar-refractivity contribution >= 4 is 33.3 Å². The number of aromatic nitrogens is 1. The quantitative estimate of drug-likeness (QED) is 0.896. The minimum absolute atomic E-state index is 0.622. The fourth-order valence-electron chi connectivity index (χ4n) is 2.19. The van der Waals surface area contributed by atoms with Crippen molar-refractivity contribution < 1.29 is 0 Å². The van der Waals surface area contributed by atoms with E-state index >= 15 is 0 Å². The lowest BCUT2D eigenvalue weighted by Gasteiger charge is -2.09. The number of anilines is 1. The largest absolute Gasteiger partial charge is 0.365 e. The van der Waals surface area contributed by atoms with E-state index in [0.717, 1.165) is 24.1 Å². The molecule has 0 aliphatic carbocycles. The summed E-state index contributed by atoms with van der Waals surface area (Å²) < 4.78 is 0.881. The molecule has 0 saturated carbocycles. The van der Waals surface area contributed by atoms with Gasteiger partial charge in [0.1, 0.15) is 5.82 Å². The summed E-state index contributed by atoms with van der Waals surface area (Å²) in [4.78, 5) is 4.26. The fourth-order valence-corrected chi connectivity index (χ4v) is 2.88. The minimum atomic E-state index is 0.622. The Hall–Kier alpha value is -1.10. The molecule has 2 aromatic rings. The van der Waals surface area contributed by atoms with Gasteiger partial charge in [-0.05, 0) is 38.7 Å². The van der Waals surface area contributed by atoms with Crippen molar-refractivity contribution in [2.75, 3.05) is 5.32 Å². The lowest BCUT2D eigenvalue weighted by Crippen LogP contribution is -2.02. The summed E-state index contributed by atoms with van der Waals surface area (Å²) in [6.07, 6.45) is 1.74. The number of nitrogens with zero attached hydrogens (tertiary/aromatic N) is 1. The molecule has 1 aliphatic rings. The number of hydrogen-bond donors (Lipinski definition) is 2. The predicted molar refractivity (Wildman–Crippen MR) is 81.3 cm³/mol. The summed E-state index contributed by atoms with van der Waals surface area (Å²) in [6.45, 7) is 2.66. The van der Waals surface area contributed by atoms with Crippen molar-refractivity contribution in [2.45, 2.75) is 19.6 Å².